The maximum Gasteiger partial charge on any atom is 0.245 e. The summed E-state index contributed by atoms with van der Waals surface area (Å²) in [5.41, 5.74) is 5.35. The molecule has 0 bridgehead atoms. The van der Waals surface area contributed by atoms with Gasteiger partial charge in [-0.05, 0) is 28.8 Å². The fourth-order valence-corrected chi connectivity index (χ4v) is 2.48. The van der Waals surface area contributed by atoms with E-state index in [-0.39, 0.29) is 30.5 Å². The largest absolute Gasteiger partial charge is 0.273 e. The number of fused-ring (bicyclic) bond motifs is 1. The van der Waals surface area contributed by atoms with Crippen molar-refractivity contribution >= 4 is 11.8 Å². The third-order valence-corrected chi connectivity index (χ3v) is 3.63. The molecule has 2 aromatic carbocycles. The molecular formula is C17H15FN2O2. The first kappa shape index (κ1) is 14.3. The van der Waals surface area contributed by atoms with Gasteiger partial charge in [0.2, 0.25) is 11.8 Å². The van der Waals surface area contributed by atoms with Crippen molar-refractivity contribution in [3.8, 4) is 0 Å². The van der Waals surface area contributed by atoms with Gasteiger partial charge in [-0.15, -0.1) is 0 Å². The fraction of sp³-hybridized carbons (Fsp3) is 0.176. The van der Waals surface area contributed by atoms with E-state index < -0.39 is 0 Å². The van der Waals surface area contributed by atoms with Crippen LogP contribution in [-0.2, 0) is 29.0 Å². The van der Waals surface area contributed by atoms with Crippen molar-refractivity contribution in [1.82, 2.24) is 10.4 Å². The van der Waals surface area contributed by atoms with E-state index in [0.29, 0.717) is 12.1 Å². The van der Waals surface area contributed by atoms with Gasteiger partial charge in [0, 0.05) is 0 Å². The molecule has 0 saturated carbocycles. The van der Waals surface area contributed by atoms with Crippen molar-refractivity contribution in [3.05, 3.63) is 71.0 Å². The molecule has 0 aromatic heterocycles. The van der Waals surface area contributed by atoms with Crippen molar-refractivity contribution < 1.29 is 14.0 Å². The van der Waals surface area contributed by atoms with Gasteiger partial charge in [-0.25, -0.2) is 9.40 Å². The minimum atomic E-state index is -0.341. The number of rotatable bonds is 3. The Balaban J connectivity index is 1.64. The van der Waals surface area contributed by atoms with Crippen molar-refractivity contribution in [2.45, 2.75) is 19.4 Å². The topological polar surface area (TPSA) is 49.4 Å². The van der Waals surface area contributed by atoms with Crippen LogP contribution in [0.5, 0.6) is 0 Å². The van der Waals surface area contributed by atoms with Gasteiger partial charge < -0.3 is 0 Å². The Hall–Kier alpha value is -2.69. The van der Waals surface area contributed by atoms with Crippen molar-refractivity contribution in [1.29, 1.82) is 0 Å². The van der Waals surface area contributed by atoms with Crippen LogP contribution < -0.4 is 5.43 Å². The number of nitrogens with one attached hydrogen (secondary N) is 1. The molecule has 0 saturated heterocycles. The molecule has 1 N–H and O–H groups in total. The Morgan fingerprint density at radius 1 is 1.09 bits per heavy atom. The van der Waals surface area contributed by atoms with Crippen molar-refractivity contribution in [2.24, 2.45) is 0 Å². The SMILES string of the molecule is O=C(Cc1ccc(F)cc1)NN1Cc2ccccc2CC1=O. The molecule has 3 rings (SSSR count). The van der Waals surface area contributed by atoms with Gasteiger partial charge in [0.1, 0.15) is 5.82 Å². The lowest BCUT2D eigenvalue weighted by Crippen LogP contribution is -2.48. The second-order valence-corrected chi connectivity index (χ2v) is 5.26. The molecule has 22 heavy (non-hydrogen) atoms. The zero-order valence-corrected chi connectivity index (χ0v) is 11.9. The van der Waals surface area contributed by atoms with Crippen LogP contribution in [0.25, 0.3) is 0 Å². The summed E-state index contributed by atoms with van der Waals surface area (Å²) in [5, 5.41) is 1.34. The first-order valence-corrected chi connectivity index (χ1v) is 7.03. The van der Waals surface area contributed by atoms with E-state index in [4.69, 9.17) is 0 Å². The Kier molecular flexibility index (Phi) is 3.87. The van der Waals surface area contributed by atoms with Crippen LogP contribution in [0.4, 0.5) is 4.39 Å². The van der Waals surface area contributed by atoms with Crippen LogP contribution >= 0.6 is 0 Å². The quantitative estimate of drug-likeness (QED) is 0.942. The molecule has 4 nitrogen and oxygen atoms in total. The van der Waals surface area contributed by atoms with Gasteiger partial charge in [0.15, 0.2) is 0 Å². The van der Waals surface area contributed by atoms with Crippen LogP contribution in [0, 0.1) is 5.82 Å². The number of halogens is 1. The van der Waals surface area contributed by atoms with E-state index in [1.807, 2.05) is 24.3 Å². The highest BCUT2D eigenvalue weighted by Crippen LogP contribution is 2.18. The lowest BCUT2D eigenvalue weighted by Gasteiger charge is -2.28. The van der Waals surface area contributed by atoms with Crippen LogP contribution in [0.3, 0.4) is 0 Å². The summed E-state index contributed by atoms with van der Waals surface area (Å²) in [4.78, 5) is 24.1. The van der Waals surface area contributed by atoms with E-state index in [0.717, 1.165) is 11.1 Å². The summed E-state index contributed by atoms with van der Waals surface area (Å²) < 4.78 is 12.8. The van der Waals surface area contributed by atoms with Gasteiger partial charge in [0.25, 0.3) is 0 Å². The number of carbonyl (C=O) groups is 2. The molecule has 0 atom stereocenters. The first-order chi connectivity index (χ1) is 10.6. The molecule has 0 aliphatic carbocycles. The van der Waals surface area contributed by atoms with Gasteiger partial charge in [-0.3, -0.25) is 15.0 Å². The zero-order valence-electron chi connectivity index (χ0n) is 11.9. The first-order valence-electron chi connectivity index (χ1n) is 7.03. The van der Waals surface area contributed by atoms with Crippen LogP contribution in [0.1, 0.15) is 16.7 Å². The summed E-state index contributed by atoms with van der Waals surface area (Å²) in [7, 11) is 0. The number of carbonyl (C=O) groups excluding carboxylic acids is 2. The molecule has 0 unspecified atom stereocenters. The maximum absolute atomic E-state index is 12.8. The Labute approximate surface area is 127 Å². The fourth-order valence-electron chi connectivity index (χ4n) is 2.48. The van der Waals surface area contributed by atoms with Crippen LogP contribution in [-0.4, -0.2) is 16.8 Å². The standard InChI is InChI=1S/C17H15FN2O2/c18-15-7-5-12(6-8-15)9-16(21)19-20-11-14-4-2-1-3-13(14)10-17(20)22/h1-8H,9-11H2,(H,19,21). The highest BCUT2D eigenvalue weighted by Gasteiger charge is 2.23. The summed E-state index contributed by atoms with van der Waals surface area (Å²) in [6, 6.07) is 13.4. The van der Waals surface area contributed by atoms with E-state index in [1.165, 1.54) is 17.1 Å². The molecule has 1 aliphatic rings. The minimum Gasteiger partial charge on any atom is -0.273 e. The lowest BCUT2D eigenvalue weighted by atomic mass is 10.0. The Bertz CT molecular complexity index is 713. The number of hydrazine groups is 1. The third kappa shape index (κ3) is 3.14. The lowest BCUT2D eigenvalue weighted by molar-refractivity contribution is -0.142. The molecule has 2 aromatic rings. The smallest absolute Gasteiger partial charge is 0.245 e. The normalized spacial score (nSPS) is 13.7. The highest BCUT2D eigenvalue weighted by atomic mass is 19.1. The molecule has 0 fully saturated rings. The number of hydrogen-bond donors (Lipinski definition) is 1. The van der Waals surface area contributed by atoms with Gasteiger partial charge >= 0.3 is 0 Å². The van der Waals surface area contributed by atoms with Gasteiger partial charge in [-0.1, -0.05) is 36.4 Å². The number of amides is 2. The van der Waals surface area contributed by atoms with Gasteiger partial charge in [0.05, 0.1) is 19.4 Å². The number of nitrogens with zero attached hydrogens (tertiary/aromatic N) is 1. The minimum absolute atomic E-state index is 0.103. The maximum atomic E-state index is 12.8. The Morgan fingerprint density at radius 3 is 2.50 bits per heavy atom. The predicted molar refractivity (Wildman–Crippen MR) is 78.9 cm³/mol. The summed E-state index contributed by atoms with van der Waals surface area (Å²) in [6.45, 7) is 0.365. The molecule has 1 heterocycles. The molecule has 0 spiro atoms. The van der Waals surface area contributed by atoms with Crippen molar-refractivity contribution in [2.75, 3.05) is 0 Å². The monoisotopic (exact) mass is 298 g/mol. The summed E-state index contributed by atoms with van der Waals surface area (Å²) >= 11 is 0. The molecule has 2 amide bonds. The highest BCUT2D eigenvalue weighted by molar-refractivity contribution is 5.85. The van der Waals surface area contributed by atoms with Crippen LogP contribution in [0.15, 0.2) is 48.5 Å². The second-order valence-electron chi connectivity index (χ2n) is 5.26. The zero-order chi connectivity index (χ0) is 15.5. The van der Waals surface area contributed by atoms with Gasteiger partial charge in [-0.2, -0.15) is 0 Å². The Morgan fingerprint density at radius 2 is 1.77 bits per heavy atom. The van der Waals surface area contributed by atoms with Crippen molar-refractivity contribution in [3.63, 3.8) is 0 Å². The summed E-state index contributed by atoms with van der Waals surface area (Å²) in [6.07, 6.45) is 0.388. The molecule has 0 radical (unpaired) electrons. The van der Waals surface area contributed by atoms with E-state index in [1.54, 1.807) is 12.1 Å². The molecule has 112 valence electrons. The van der Waals surface area contributed by atoms with Crippen LogP contribution in [0.2, 0.25) is 0 Å². The molecule has 5 heteroatoms. The average Bonchev–Trinajstić information content (AvgIpc) is 2.50. The average molecular weight is 298 g/mol. The number of hydrogen-bond acceptors (Lipinski definition) is 2. The van der Waals surface area contributed by atoms with E-state index in [9.17, 15) is 14.0 Å². The molecule has 1 aliphatic heterocycles. The number of benzene rings is 2. The predicted octanol–water partition coefficient (Wildman–Crippen LogP) is 1.98. The van der Waals surface area contributed by atoms with E-state index >= 15 is 0 Å². The second kappa shape index (κ2) is 5.97. The van der Waals surface area contributed by atoms with E-state index in [2.05, 4.69) is 5.43 Å². The third-order valence-electron chi connectivity index (χ3n) is 3.63. The molecular weight excluding hydrogens is 283 g/mol. The summed E-state index contributed by atoms with van der Waals surface area (Å²) in [5.74, 6) is -0.766.